The van der Waals surface area contributed by atoms with Crippen LogP contribution < -0.4 is 14.8 Å². The SMILES string of the molecule is CCOP(=O)(OCC)c1cc(OC)cc(OCc2ccccc2)c1-c1c(-c2ccccc2)cccc1[N+](=O)[O-]. The topological polar surface area (TPSA) is 97.1 Å². The third kappa shape index (κ3) is 6.20. The van der Waals surface area contributed by atoms with Gasteiger partial charge in [-0.25, -0.2) is 0 Å². The van der Waals surface area contributed by atoms with Gasteiger partial charge < -0.3 is 18.5 Å². The second-order valence-corrected chi connectivity index (χ2v) is 10.4. The summed E-state index contributed by atoms with van der Waals surface area (Å²) in [6.07, 6.45) is 0. The van der Waals surface area contributed by atoms with Gasteiger partial charge in [-0.15, -0.1) is 0 Å². The molecule has 0 heterocycles. The van der Waals surface area contributed by atoms with Gasteiger partial charge in [0.25, 0.3) is 5.69 Å². The predicted molar refractivity (Wildman–Crippen MR) is 152 cm³/mol. The first-order chi connectivity index (χ1) is 18.9. The van der Waals surface area contributed by atoms with E-state index in [0.29, 0.717) is 11.3 Å². The van der Waals surface area contributed by atoms with Gasteiger partial charge in [-0.3, -0.25) is 14.7 Å². The highest BCUT2D eigenvalue weighted by molar-refractivity contribution is 7.62. The van der Waals surface area contributed by atoms with Crippen LogP contribution in [0.4, 0.5) is 5.69 Å². The molecular formula is C30H30NO7P. The number of hydrogen-bond acceptors (Lipinski definition) is 7. The minimum absolute atomic E-state index is 0.0938. The molecule has 9 heteroatoms. The molecule has 4 aromatic rings. The number of hydrogen-bond donors (Lipinski definition) is 0. The molecule has 0 N–H and O–H groups in total. The molecule has 202 valence electrons. The maximum atomic E-state index is 14.3. The first-order valence-corrected chi connectivity index (χ1v) is 14.1. The molecule has 0 aliphatic heterocycles. The van der Waals surface area contributed by atoms with Crippen molar-refractivity contribution in [3.63, 3.8) is 0 Å². The normalized spacial score (nSPS) is 11.3. The van der Waals surface area contributed by atoms with Crippen molar-refractivity contribution in [2.24, 2.45) is 0 Å². The zero-order chi connectivity index (χ0) is 27.8. The lowest BCUT2D eigenvalue weighted by Crippen LogP contribution is -2.16. The van der Waals surface area contributed by atoms with Crippen LogP contribution in [0.25, 0.3) is 22.3 Å². The molecule has 4 rings (SSSR count). The summed E-state index contributed by atoms with van der Waals surface area (Å²) in [7, 11) is -2.50. The van der Waals surface area contributed by atoms with Crippen LogP contribution in [0, 0.1) is 10.1 Å². The van der Waals surface area contributed by atoms with E-state index in [0.717, 1.165) is 11.1 Å². The Morgan fingerprint density at radius 3 is 2.05 bits per heavy atom. The fourth-order valence-corrected chi connectivity index (χ4v) is 6.15. The van der Waals surface area contributed by atoms with Gasteiger partial charge in [0, 0.05) is 17.7 Å². The molecule has 0 saturated carbocycles. The Morgan fingerprint density at radius 1 is 0.821 bits per heavy atom. The molecule has 0 atom stereocenters. The largest absolute Gasteiger partial charge is 0.497 e. The number of nitro benzene ring substituents is 1. The van der Waals surface area contributed by atoms with Crippen molar-refractivity contribution in [3.8, 4) is 33.8 Å². The molecule has 0 aliphatic carbocycles. The Balaban J connectivity index is 2.10. The monoisotopic (exact) mass is 547 g/mol. The summed E-state index contributed by atoms with van der Waals surface area (Å²) < 4.78 is 37.6. The second-order valence-electron chi connectivity index (χ2n) is 8.45. The highest BCUT2D eigenvalue weighted by atomic mass is 31.2. The van der Waals surface area contributed by atoms with Gasteiger partial charge in [0.05, 0.1) is 36.1 Å². The lowest BCUT2D eigenvalue weighted by molar-refractivity contribution is -0.384. The van der Waals surface area contributed by atoms with Gasteiger partial charge in [0.15, 0.2) is 0 Å². The Bertz CT molecular complexity index is 1470. The Kier molecular flexibility index (Phi) is 9.15. The first-order valence-electron chi connectivity index (χ1n) is 12.5. The van der Waals surface area contributed by atoms with E-state index in [4.69, 9.17) is 18.5 Å². The first kappa shape index (κ1) is 28.0. The lowest BCUT2D eigenvalue weighted by Gasteiger charge is -2.24. The number of ether oxygens (including phenoxy) is 2. The van der Waals surface area contributed by atoms with E-state index in [1.54, 1.807) is 38.1 Å². The summed E-state index contributed by atoms with van der Waals surface area (Å²) in [6.45, 7) is 3.76. The van der Waals surface area contributed by atoms with Gasteiger partial charge in [-0.05, 0) is 36.6 Å². The third-order valence-corrected chi connectivity index (χ3v) is 8.13. The van der Waals surface area contributed by atoms with Crippen LogP contribution in [0.1, 0.15) is 19.4 Å². The van der Waals surface area contributed by atoms with E-state index in [9.17, 15) is 14.7 Å². The highest BCUT2D eigenvalue weighted by Gasteiger charge is 2.36. The molecule has 0 spiro atoms. The molecule has 0 fully saturated rings. The van der Waals surface area contributed by atoms with Crippen LogP contribution in [0.5, 0.6) is 11.5 Å². The van der Waals surface area contributed by atoms with Crippen LogP contribution in [0.2, 0.25) is 0 Å². The van der Waals surface area contributed by atoms with E-state index < -0.39 is 12.5 Å². The summed E-state index contributed by atoms with van der Waals surface area (Å²) in [5.41, 5.74) is 2.52. The van der Waals surface area contributed by atoms with Gasteiger partial charge in [0.2, 0.25) is 0 Å². The van der Waals surface area contributed by atoms with Crippen molar-refractivity contribution in [3.05, 3.63) is 107 Å². The predicted octanol–water partition coefficient (Wildman–Crippen LogP) is 7.41. The fraction of sp³-hybridized carbons (Fsp3) is 0.200. The minimum Gasteiger partial charge on any atom is -0.497 e. The van der Waals surface area contributed by atoms with Crippen LogP contribution in [0.15, 0.2) is 91.0 Å². The summed E-state index contributed by atoms with van der Waals surface area (Å²) in [6, 6.07) is 26.8. The molecule has 0 unspecified atom stereocenters. The zero-order valence-electron chi connectivity index (χ0n) is 22.0. The molecule has 0 aliphatic rings. The number of methoxy groups -OCH3 is 1. The zero-order valence-corrected chi connectivity index (χ0v) is 22.9. The summed E-state index contributed by atoms with van der Waals surface area (Å²) >= 11 is 0. The lowest BCUT2D eigenvalue weighted by atomic mass is 9.92. The van der Waals surface area contributed by atoms with E-state index in [-0.39, 0.29) is 47.7 Å². The standard InChI is InChI=1S/C30H30NO7P/c1-4-37-39(34,38-5-2)28-20-24(35-3)19-27(36-21-22-13-8-6-9-14-22)30(28)29-25(23-15-10-7-11-16-23)17-12-18-26(29)31(32)33/h6-20H,4-5,21H2,1-3H3. The number of benzene rings is 4. The number of nitrogens with zero attached hydrogens (tertiary/aromatic N) is 1. The smallest absolute Gasteiger partial charge is 0.362 e. The van der Waals surface area contributed by atoms with Crippen LogP contribution in [-0.4, -0.2) is 25.2 Å². The Hall–Kier alpha value is -3.97. The van der Waals surface area contributed by atoms with E-state index in [1.807, 2.05) is 60.7 Å². The third-order valence-electron chi connectivity index (χ3n) is 5.99. The van der Waals surface area contributed by atoms with Crippen molar-refractivity contribution in [2.75, 3.05) is 20.3 Å². The van der Waals surface area contributed by atoms with Gasteiger partial charge in [-0.2, -0.15) is 0 Å². The fourth-order valence-electron chi connectivity index (χ4n) is 4.34. The van der Waals surface area contributed by atoms with E-state index in [1.165, 1.54) is 13.2 Å². The molecule has 0 aromatic heterocycles. The quantitative estimate of drug-likeness (QED) is 0.103. The number of nitro groups is 1. The molecule has 0 radical (unpaired) electrons. The number of rotatable bonds is 12. The van der Waals surface area contributed by atoms with Crippen LogP contribution in [-0.2, 0) is 20.2 Å². The van der Waals surface area contributed by atoms with E-state index >= 15 is 0 Å². The van der Waals surface area contributed by atoms with Crippen molar-refractivity contribution < 1.29 is 28.0 Å². The average molecular weight is 548 g/mol. The van der Waals surface area contributed by atoms with Crippen molar-refractivity contribution >= 4 is 18.6 Å². The van der Waals surface area contributed by atoms with Crippen molar-refractivity contribution in [2.45, 2.75) is 20.5 Å². The van der Waals surface area contributed by atoms with Gasteiger partial charge in [-0.1, -0.05) is 72.8 Å². The molecule has 4 aromatic carbocycles. The summed E-state index contributed by atoms with van der Waals surface area (Å²) in [5, 5.41) is 12.5. The van der Waals surface area contributed by atoms with Gasteiger partial charge in [0.1, 0.15) is 18.1 Å². The van der Waals surface area contributed by atoms with Crippen molar-refractivity contribution in [1.29, 1.82) is 0 Å². The molecule has 0 saturated heterocycles. The molecule has 8 nitrogen and oxygen atoms in total. The maximum absolute atomic E-state index is 14.3. The molecule has 0 bridgehead atoms. The molecule has 0 amide bonds. The van der Waals surface area contributed by atoms with E-state index in [2.05, 4.69) is 0 Å². The van der Waals surface area contributed by atoms with Crippen molar-refractivity contribution in [1.82, 2.24) is 0 Å². The van der Waals surface area contributed by atoms with Crippen LogP contribution >= 0.6 is 7.60 Å². The highest BCUT2D eigenvalue weighted by Crippen LogP contribution is 2.54. The summed E-state index contributed by atoms with van der Waals surface area (Å²) in [4.78, 5) is 12.0. The molecular weight excluding hydrogens is 517 g/mol. The Morgan fingerprint density at radius 2 is 1.46 bits per heavy atom. The summed E-state index contributed by atoms with van der Waals surface area (Å²) in [5.74, 6) is 0.593. The van der Waals surface area contributed by atoms with Crippen LogP contribution in [0.3, 0.4) is 0 Å². The van der Waals surface area contributed by atoms with Gasteiger partial charge >= 0.3 is 7.60 Å². The Labute approximate surface area is 227 Å². The second kappa shape index (κ2) is 12.7. The maximum Gasteiger partial charge on any atom is 0.362 e. The average Bonchev–Trinajstić information content (AvgIpc) is 2.96. The molecule has 39 heavy (non-hydrogen) atoms. The minimum atomic E-state index is -3.98.